The van der Waals surface area contributed by atoms with Gasteiger partial charge < -0.3 is 19.3 Å². The molecule has 2 aromatic rings. The maximum absolute atomic E-state index is 12.9. The molecular formula is C22H24F2N2O4. The van der Waals surface area contributed by atoms with Crippen molar-refractivity contribution in [1.29, 1.82) is 0 Å². The molecule has 0 spiro atoms. The molecule has 1 heterocycles. The van der Waals surface area contributed by atoms with Crippen LogP contribution in [0.3, 0.4) is 0 Å². The van der Waals surface area contributed by atoms with Gasteiger partial charge in [-0.05, 0) is 42.3 Å². The number of nitrogens with zero attached hydrogens (tertiary/aromatic N) is 2. The molecule has 0 aliphatic carbocycles. The number of rotatable bonds is 7. The number of anilines is 1. The van der Waals surface area contributed by atoms with Gasteiger partial charge in [0.2, 0.25) is 11.8 Å². The van der Waals surface area contributed by atoms with Gasteiger partial charge in [0.25, 0.3) is 0 Å². The smallest absolute Gasteiger partial charge is 0.387 e. The third-order valence-electron chi connectivity index (χ3n) is 5.04. The van der Waals surface area contributed by atoms with Crippen LogP contribution in [0.4, 0.5) is 14.5 Å². The van der Waals surface area contributed by atoms with Gasteiger partial charge in [-0.1, -0.05) is 18.2 Å². The average Bonchev–Trinajstić information content (AvgIpc) is 3.09. The number of carbonyl (C=O) groups is 2. The van der Waals surface area contributed by atoms with Crippen molar-refractivity contribution in [2.75, 3.05) is 25.6 Å². The number of methoxy groups -OCH3 is 1. The largest absolute Gasteiger partial charge is 0.495 e. The van der Waals surface area contributed by atoms with Gasteiger partial charge in [-0.3, -0.25) is 9.59 Å². The fourth-order valence-electron chi connectivity index (χ4n) is 3.56. The SMILES string of the molecule is COc1ccc(C)cc1N1CC(C(=O)N(C)Cc2ccc(OC(F)F)cc2)CC1=O. The monoisotopic (exact) mass is 418 g/mol. The summed E-state index contributed by atoms with van der Waals surface area (Å²) < 4.78 is 34.2. The van der Waals surface area contributed by atoms with E-state index < -0.39 is 12.5 Å². The van der Waals surface area contributed by atoms with Crippen LogP contribution >= 0.6 is 0 Å². The van der Waals surface area contributed by atoms with Crippen LogP contribution in [0.1, 0.15) is 17.5 Å². The zero-order chi connectivity index (χ0) is 21.8. The lowest BCUT2D eigenvalue weighted by Gasteiger charge is -2.23. The highest BCUT2D eigenvalue weighted by Gasteiger charge is 2.37. The Hall–Kier alpha value is -3.16. The van der Waals surface area contributed by atoms with Crippen LogP contribution < -0.4 is 14.4 Å². The molecule has 2 aromatic carbocycles. The lowest BCUT2D eigenvalue weighted by atomic mass is 10.1. The molecule has 2 amide bonds. The quantitative estimate of drug-likeness (QED) is 0.689. The molecule has 8 heteroatoms. The first-order valence-corrected chi connectivity index (χ1v) is 9.52. The third kappa shape index (κ3) is 4.87. The minimum atomic E-state index is -2.88. The number of carbonyl (C=O) groups excluding carboxylic acids is 2. The number of halogens is 2. The van der Waals surface area contributed by atoms with Crippen molar-refractivity contribution in [2.45, 2.75) is 26.5 Å². The minimum Gasteiger partial charge on any atom is -0.495 e. The van der Waals surface area contributed by atoms with Gasteiger partial charge >= 0.3 is 6.61 Å². The summed E-state index contributed by atoms with van der Waals surface area (Å²) in [5.74, 6) is -0.0907. The number of ether oxygens (including phenoxy) is 2. The molecule has 1 aliphatic heterocycles. The van der Waals surface area contributed by atoms with Gasteiger partial charge in [0, 0.05) is 26.6 Å². The Kier molecular flexibility index (Phi) is 6.54. The molecular weight excluding hydrogens is 394 g/mol. The molecule has 1 saturated heterocycles. The second-order valence-electron chi connectivity index (χ2n) is 7.30. The second-order valence-corrected chi connectivity index (χ2v) is 7.30. The van der Waals surface area contributed by atoms with Crippen molar-refractivity contribution in [3.63, 3.8) is 0 Å². The van der Waals surface area contributed by atoms with Gasteiger partial charge in [0.15, 0.2) is 0 Å². The minimum absolute atomic E-state index is 0.0619. The summed E-state index contributed by atoms with van der Waals surface area (Å²) in [5.41, 5.74) is 2.42. The van der Waals surface area contributed by atoms with E-state index in [1.807, 2.05) is 19.1 Å². The number of alkyl halides is 2. The predicted octanol–water partition coefficient (Wildman–Crippen LogP) is 3.62. The molecule has 30 heavy (non-hydrogen) atoms. The Labute approximate surface area is 174 Å². The fourth-order valence-corrected chi connectivity index (χ4v) is 3.56. The Morgan fingerprint density at radius 1 is 1.23 bits per heavy atom. The number of amides is 2. The number of hydrogen-bond acceptors (Lipinski definition) is 4. The zero-order valence-electron chi connectivity index (χ0n) is 17.1. The van der Waals surface area contributed by atoms with Crippen LogP contribution in [0.5, 0.6) is 11.5 Å². The van der Waals surface area contributed by atoms with E-state index in [4.69, 9.17) is 4.74 Å². The van der Waals surface area contributed by atoms with Crippen LogP contribution in [-0.4, -0.2) is 44.0 Å². The molecule has 160 valence electrons. The first-order valence-electron chi connectivity index (χ1n) is 9.52. The Morgan fingerprint density at radius 2 is 1.93 bits per heavy atom. The summed E-state index contributed by atoms with van der Waals surface area (Å²) >= 11 is 0. The highest BCUT2D eigenvalue weighted by Crippen LogP contribution is 2.34. The van der Waals surface area contributed by atoms with Crippen LogP contribution in [-0.2, 0) is 16.1 Å². The van der Waals surface area contributed by atoms with E-state index in [1.165, 1.54) is 17.0 Å². The zero-order valence-corrected chi connectivity index (χ0v) is 17.1. The molecule has 0 bridgehead atoms. The number of hydrogen-bond donors (Lipinski definition) is 0. The lowest BCUT2D eigenvalue weighted by molar-refractivity contribution is -0.135. The fraction of sp³-hybridized carbons (Fsp3) is 0.364. The van der Waals surface area contributed by atoms with E-state index in [9.17, 15) is 18.4 Å². The molecule has 1 aliphatic rings. The van der Waals surface area contributed by atoms with Crippen LogP contribution in [0, 0.1) is 12.8 Å². The molecule has 1 atom stereocenters. The van der Waals surface area contributed by atoms with Gasteiger partial charge in [-0.2, -0.15) is 8.78 Å². The predicted molar refractivity (Wildman–Crippen MR) is 108 cm³/mol. The summed E-state index contributed by atoms with van der Waals surface area (Å²) in [7, 11) is 3.20. The van der Waals surface area contributed by atoms with Gasteiger partial charge in [0.1, 0.15) is 11.5 Å². The van der Waals surface area contributed by atoms with E-state index in [2.05, 4.69) is 4.74 Å². The summed E-state index contributed by atoms with van der Waals surface area (Å²) in [6.07, 6.45) is 0.126. The Bertz CT molecular complexity index is 918. The first kappa shape index (κ1) is 21.5. The summed E-state index contributed by atoms with van der Waals surface area (Å²) in [6.45, 7) is -0.373. The van der Waals surface area contributed by atoms with Gasteiger partial charge in [-0.15, -0.1) is 0 Å². The standard InChI is InChI=1S/C22H24F2N2O4/c1-14-4-9-19(29-3)18(10-14)26-13-16(11-20(26)27)21(28)25(2)12-15-5-7-17(8-6-15)30-22(23)24/h4-10,16,22H,11-13H2,1-3H3. The van der Waals surface area contributed by atoms with Gasteiger partial charge in [0.05, 0.1) is 18.7 Å². The number of aryl methyl sites for hydroxylation is 1. The molecule has 0 radical (unpaired) electrons. The van der Waals surface area contributed by atoms with Crippen molar-refractivity contribution in [3.8, 4) is 11.5 Å². The van der Waals surface area contributed by atoms with E-state index in [0.717, 1.165) is 11.1 Å². The van der Waals surface area contributed by atoms with E-state index in [-0.39, 0.29) is 30.5 Å². The highest BCUT2D eigenvalue weighted by molar-refractivity contribution is 6.01. The third-order valence-corrected chi connectivity index (χ3v) is 5.04. The van der Waals surface area contributed by atoms with Crippen LogP contribution in [0.2, 0.25) is 0 Å². The number of benzene rings is 2. The summed E-state index contributed by atoms with van der Waals surface area (Å²) in [5, 5.41) is 0. The summed E-state index contributed by atoms with van der Waals surface area (Å²) in [6, 6.07) is 11.7. The van der Waals surface area contributed by atoms with Crippen LogP contribution in [0.15, 0.2) is 42.5 Å². The van der Waals surface area contributed by atoms with E-state index in [0.29, 0.717) is 18.0 Å². The molecule has 1 unspecified atom stereocenters. The van der Waals surface area contributed by atoms with Crippen molar-refractivity contribution in [1.82, 2.24) is 4.90 Å². The molecule has 6 nitrogen and oxygen atoms in total. The normalized spacial score (nSPS) is 16.1. The Balaban J connectivity index is 1.66. The van der Waals surface area contributed by atoms with Crippen molar-refractivity contribution >= 4 is 17.5 Å². The Morgan fingerprint density at radius 3 is 2.57 bits per heavy atom. The summed E-state index contributed by atoms with van der Waals surface area (Å²) in [4.78, 5) is 28.6. The second kappa shape index (κ2) is 9.11. The molecule has 0 saturated carbocycles. The molecule has 3 rings (SSSR count). The molecule has 0 aromatic heterocycles. The average molecular weight is 418 g/mol. The maximum atomic E-state index is 12.9. The van der Waals surface area contributed by atoms with Crippen molar-refractivity contribution in [3.05, 3.63) is 53.6 Å². The maximum Gasteiger partial charge on any atom is 0.387 e. The molecule has 1 fully saturated rings. The van der Waals surface area contributed by atoms with E-state index in [1.54, 1.807) is 37.3 Å². The van der Waals surface area contributed by atoms with Crippen molar-refractivity contribution in [2.24, 2.45) is 5.92 Å². The van der Waals surface area contributed by atoms with Gasteiger partial charge in [-0.25, -0.2) is 0 Å². The molecule has 0 N–H and O–H groups in total. The van der Waals surface area contributed by atoms with Crippen molar-refractivity contribution < 1.29 is 27.8 Å². The topological polar surface area (TPSA) is 59.1 Å². The first-order chi connectivity index (χ1) is 14.3. The lowest BCUT2D eigenvalue weighted by Crippen LogP contribution is -2.34. The highest BCUT2D eigenvalue weighted by atomic mass is 19.3. The van der Waals surface area contributed by atoms with Crippen LogP contribution in [0.25, 0.3) is 0 Å². The van der Waals surface area contributed by atoms with E-state index >= 15 is 0 Å².